The molecule has 5 rings (SSSR count). The van der Waals surface area contributed by atoms with E-state index in [2.05, 4.69) is 25.1 Å². The molecule has 0 aliphatic carbocycles. The van der Waals surface area contributed by atoms with E-state index in [0.717, 1.165) is 19.5 Å². The van der Waals surface area contributed by atoms with E-state index in [1.165, 1.54) is 4.80 Å². The van der Waals surface area contributed by atoms with Crippen molar-refractivity contribution in [1.82, 2.24) is 29.9 Å². The minimum Gasteiger partial charge on any atom is -0.497 e. The molecule has 2 saturated heterocycles. The second-order valence-corrected chi connectivity index (χ2v) is 7.50. The highest BCUT2D eigenvalue weighted by Gasteiger charge is 2.46. The number of rotatable bonds is 4. The molecule has 0 saturated carbocycles. The van der Waals surface area contributed by atoms with Crippen LogP contribution < -0.4 is 15.4 Å². The Hall–Kier alpha value is -3.69. The highest BCUT2D eigenvalue weighted by Crippen LogP contribution is 2.36. The average Bonchev–Trinajstić information content (AvgIpc) is 3.29. The second kappa shape index (κ2) is 7.29. The predicted octanol–water partition coefficient (Wildman–Crippen LogP) is 0.999. The van der Waals surface area contributed by atoms with Crippen molar-refractivity contribution in [3.63, 3.8) is 0 Å². The van der Waals surface area contributed by atoms with E-state index in [1.807, 2.05) is 4.90 Å². The highest BCUT2D eigenvalue weighted by atomic mass is 16.5. The van der Waals surface area contributed by atoms with Gasteiger partial charge in [-0.05, 0) is 30.7 Å². The van der Waals surface area contributed by atoms with Gasteiger partial charge in [0.1, 0.15) is 11.6 Å². The fourth-order valence-electron chi connectivity index (χ4n) is 4.21. The molecule has 1 aromatic carbocycles. The van der Waals surface area contributed by atoms with Gasteiger partial charge in [0.05, 0.1) is 36.8 Å². The van der Waals surface area contributed by atoms with Gasteiger partial charge in [-0.25, -0.2) is 4.98 Å². The van der Waals surface area contributed by atoms with Crippen LogP contribution in [0.25, 0.3) is 5.69 Å². The lowest BCUT2D eigenvalue weighted by molar-refractivity contribution is 0.00764. The summed E-state index contributed by atoms with van der Waals surface area (Å²) in [4.78, 5) is 27.6. The summed E-state index contributed by atoms with van der Waals surface area (Å²) < 4.78 is 5.34. The van der Waals surface area contributed by atoms with Crippen LogP contribution in [-0.4, -0.2) is 68.6 Å². The molecule has 2 aliphatic heterocycles. The Balaban J connectivity index is 1.41. The maximum atomic E-state index is 13.5. The smallest absolute Gasteiger partial charge is 0.256 e. The summed E-state index contributed by atoms with van der Waals surface area (Å²) >= 11 is 0. The Kier molecular flexibility index (Phi) is 4.46. The number of carbonyl (C=O) groups excluding carboxylic acids is 1. The zero-order valence-corrected chi connectivity index (χ0v) is 16.5. The minimum atomic E-state index is -0.0576. The number of hydrogen-bond donors (Lipinski definition) is 1. The van der Waals surface area contributed by atoms with E-state index in [-0.39, 0.29) is 11.9 Å². The van der Waals surface area contributed by atoms with Crippen molar-refractivity contribution in [3.8, 4) is 11.4 Å². The minimum absolute atomic E-state index is 0.0576. The van der Waals surface area contributed by atoms with Crippen molar-refractivity contribution in [2.75, 3.05) is 37.4 Å². The number of nitrogens with two attached hydrogens (primary N) is 1. The van der Waals surface area contributed by atoms with Crippen LogP contribution in [-0.2, 0) is 0 Å². The van der Waals surface area contributed by atoms with E-state index in [1.54, 1.807) is 50.0 Å². The van der Waals surface area contributed by atoms with Gasteiger partial charge >= 0.3 is 0 Å². The van der Waals surface area contributed by atoms with Crippen LogP contribution in [0.4, 0.5) is 11.8 Å². The van der Waals surface area contributed by atoms with Gasteiger partial charge in [0.25, 0.3) is 5.91 Å². The summed E-state index contributed by atoms with van der Waals surface area (Å²) in [5.41, 5.74) is 6.96. The van der Waals surface area contributed by atoms with Gasteiger partial charge in [-0.1, -0.05) is 0 Å². The van der Waals surface area contributed by atoms with E-state index in [9.17, 15) is 4.79 Å². The molecule has 2 unspecified atom stereocenters. The summed E-state index contributed by atoms with van der Waals surface area (Å²) in [5, 5.41) is 8.37. The lowest BCUT2D eigenvalue weighted by atomic mass is 9.81. The fourth-order valence-corrected chi connectivity index (χ4v) is 4.21. The number of amides is 1. The molecule has 30 heavy (non-hydrogen) atoms. The molecule has 154 valence electrons. The van der Waals surface area contributed by atoms with Gasteiger partial charge in [0.2, 0.25) is 5.95 Å². The molecule has 2 aliphatic rings. The van der Waals surface area contributed by atoms with Crippen LogP contribution in [0, 0.1) is 5.92 Å². The van der Waals surface area contributed by atoms with E-state index < -0.39 is 0 Å². The van der Waals surface area contributed by atoms with Crippen LogP contribution in [0.2, 0.25) is 0 Å². The van der Waals surface area contributed by atoms with Gasteiger partial charge in [0.15, 0.2) is 0 Å². The first-order valence-corrected chi connectivity index (χ1v) is 9.83. The number of fused-ring (bicyclic) bond motifs is 1. The van der Waals surface area contributed by atoms with Crippen LogP contribution in [0.3, 0.4) is 0 Å². The normalized spacial score (nSPS) is 20.4. The largest absolute Gasteiger partial charge is 0.497 e. The molecule has 4 heterocycles. The molecule has 1 amide bonds. The maximum absolute atomic E-state index is 13.5. The summed E-state index contributed by atoms with van der Waals surface area (Å²) in [7, 11) is 1.58. The van der Waals surface area contributed by atoms with E-state index in [4.69, 9.17) is 10.5 Å². The second-order valence-electron chi connectivity index (χ2n) is 7.50. The lowest BCUT2D eigenvalue weighted by Crippen LogP contribution is -2.66. The van der Waals surface area contributed by atoms with E-state index in [0.29, 0.717) is 41.2 Å². The zero-order valence-electron chi connectivity index (χ0n) is 16.5. The van der Waals surface area contributed by atoms with Gasteiger partial charge in [-0.15, -0.1) is 0 Å². The molecule has 2 atom stereocenters. The number of likely N-dealkylation sites (tertiary alicyclic amines) is 1. The first-order valence-electron chi connectivity index (χ1n) is 9.83. The Morgan fingerprint density at radius 1 is 1.17 bits per heavy atom. The van der Waals surface area contributed by atoms with Crippen LogP contribution in [0.15, 0.2) is 42.9 Å². The molecular formula is C20H22N8O2. The average molecular weight is 406 g/mol. The first kappa shape index (κ1) is 18.3. The number of nitrogens with zero attached hydrogens (tertiary/aromatic N) is 7. The number of nitrogen functional groups attached to an aromatic ring is 1. The Bertz CT molecular complexity index is 1070. The van der Waals surface area contributed by atoms with Crippen molar-refractivity contribution in [2.45, 2.75) is 12.5 Å². The molecule has 2 fully saturated rings. The molecule has 0 spiro atoms. The summed E-state index contributed by atoms with van der Waals surface area (Å²) in [6, 6.07) is 7.12. The third-order valence-corrected chi connectivity index (χ3v) is 5.83. The van der Waals surface area contributed by atoms with Gasteiger partial charge in [-0.3, -0.25) is 4.79 Å². The van der Waals surface area contributed by atoms with Crippen molar-refractivity contribution < 1.29 is 9.53 Å². The number of anilines is 2. The lowest BCUT2D eigenvalue weighted by Gasteiger charge is -2.53. The first-order chi connectivity index (χ1) is 14.6. The summed E-state index contributed by atoms with van der Waals surface area (Å²) in [6.07, 6.45) is 5.82. The summed E-state index contributed by atoms with van der Waals surface area (Å²) in [5.74, 6) is 2.08. The predicted molar refractivity (Wildman–Crippen MR) is 109 cm³/mol. The Labute approximate surface area is 173 Å². The van der Waals surface area contributed by atoms with Gasteiger partial charge < -0.3 is 20.3 Å². The quantitative estimate of drug-likeness (QED) is 0.682. The molecule has 2 N–H and O–H groups in total. The van der Waals surface area contributed by atoms with Crippen molar-refractivity contribution >= 4 is 17.7 Å². The number of carbonyl (C=O) groups is 1. The molecule has 0 bridgehead atoms. The monoisotopic (exact) mass is 406 g/mol. The van der Waals surface area contributed by atoms with Crippen LogP contribution in [0.5, 0.6) is 5.75 Å². The topological polar surface area (TPSA) is 115 Å². The highest BCUT2D eigenvalue weighted by molar-refractivity contribution is 5.99. The van der Waals surface area contributed by atoms with Crippen LogP contribution >= 0.6 is 0 Å². The number of aromatic nitrogens is 5. The summed E-state index contributed by atoms with van der Waals surface area (Å²) in [6.45, 7) is 2.27. The third-order valence-electron chi connectivity index (χ3n) is 5.83. The maximum Gasteiger partial charge on any atom is 0.256 e. The van der Waals surface area contributed by atoms with Gasteiger partial charge in [-0.2, -0.15) is 20.0 Å². The number of hydrogen-bond acceptors (Lipinski definition) is 8. The third kappa shape index (κ3) is 3.10. The van der Waals surface area contributed by atoms with Crippen LogP contribution in [0.1, 0.15) is 16.8 Å². The Morgan fingerprint density at radius 3 is 2.77 bits per heavy atom. The number of methoxy groups -OCH3 is 1. The molecular weight excluding hydrogens is 384 g/mol. The SMILES string of the molecule is COc1ccc(-n2nccn2)c(C(=O)N2CC3CCN(c4nccc(N)n4)CC32)c1. The standard InChI is InChI=1S/C20H22N8O2/c1-30-14-2-3-16(28-23-7-8-24-28)15(10-14)19(29)27-11-13-5-9-26(12-17(13)27)20-22-6-4-18(21)25-20/h2-4,6-8,10,13,17H,5,9,11-12H2,1H3,(H2,21,22,25). The number of piperidine rings is 1. The Morgan fingerprint density at radius 2 is 2.00 bits per heavy atom. The van der Waals surface area contributed by atoms with E-state index >= 15 is 0 Å². The fraction of sp³-hybridized carbons (Fsp3) is 0.350. The molecule has 10 heteroatoms. The molecule has 0 radical (unpaired) electrons. The van der Waals surface area contributed by atoms with Crippen molar-refractivity contribution in [3.05, 3.63) is 48.4 Å². The molecule has 10 nitrogen and oxygen atoms in total. The zero-order chi connectivity index (χ0) is 20.7. The van der Waals surface area contributed by atoms with Crippen molar-refractivity contribution in [1.29, 1.82) is 0 Å². The molecule has 2 aromatic heterocycles. The van der Waals surface area contributed by atoms with Crippen molar-refractivity contribution in [2.24, 2.45) is 5.92 Å². The number of benzene rings is 1. The van der Waals surface area contributed by atoms with Gasteiger partial charge in [0, 0.05) is 31.7 Å². The molecule has 3 aromatic rings. The number of ether oxygens (including phenoxy) is 1.